The van der Waals surface area contributed by atoms with Gasteiger partial charge in [0.15, 0.2) is 5.78 Å². The second-order valence-electron chi connectivity index (χ2n) is 2.47. The van der Waals surface area contributed by atoms with E-state index in [4.69, 9.17) is 16.3 Å². The number of Topliss-reactive ketones (excluding diaryl/α,β-unsaturated/α-hetero) is 1. The SMILES string of the molecule is CCC(=O)c1ccc(Cl)nc1OC. The van der Waals surface area contributed by atoms with Crippen LogP contribution in [-0.4, -0.2) is 17.9 Å². The monoisotopic (exact) mass is 199 g/mol. The lowest BCUT2D eigenvalue weighted by molar-refractivity contribution is 0.0984. The van der Waals surface area contributed by atoms with Gasteiger partial charge < -0.3 is 4.74 Å². The van der Waals surface area contributed by atoms with Crippen molar-refractivity contribution < 1.29 is 9.53 Å². The van der Waals surface area contributed by atoms with Gasteiger partial charge in [0.1, 0.15) is 5.15 Å². The van der Waals surface area contributed by atoms with Crippen molar-refractivity contribution in [2.24, 2.45) is 0 Å². The van der Waals surface area contributed by atoms with Gasteiger partial charge in [0.05, 0.1) is 12.7 Å². The van der Waals surface area contributed by atoms with Gasteiger partial charge in [0, 0.05) is 6.42 Å². The van der Waals surface area contributed by atoms with E-state index in [-0.39, 0.29) is 5.78 Å². The smallest absolute Gasteiger partial charge is 0.225 e. The van der Waals surface area contributed by atoms with Crippen molar-refractivity contribution in [3.8, 4) is 5.88 Å². The molecule has 1 rings (SSSR count). The summed E-state index contributed by atoms with van der Waals surface area (Å²) in [5.41, 5.74) is 0.481. The maximum atomic E-state index is 11.3. The number of methoxy groups -OCH3 is 1. The Hall–Kier alpha value is -1.09. The van der Waals surface area contributed by atoms with Crippen LogP contribution in [0.25, 0.3) is 0 Å². The van der Waals surface area contributed by atoms with Crippen molar-refractivity contribution in [1.29, 1.82) is 0 Å². The highest BCUT2D eigenvalue weighted by molar-refractivity contribution is 6.29. The molecule has 70 valence electrons. The lowest BCUT2D eigenvalue weighted by atomic mass is 10.1. The second kappa shape index (κ2) is 4.23. The highest BCUT2D eigenvalue weighted by Crippen LogP contribution is 2.19. The molecule has 0 aliphatic rings. The molecule has 1 aromatic heterocycles. The highest BCUT2D eigenvalue weighted by atomic mass is 35.5. The van der Waals surface area contributed by atoms with Gasteiger partial charge >= 0.3 is 0 Å². The van der Waals surface area contributed by atoms with Crippen molar-refractivity contribution in [3.05, 3.63) is 22.8 Å². The van der Waals surface area contributed by atoms with E-state index in [0.717, 1.165) is 0 Å². The van der Waals surface area contributed by atoms with Crippen LogP contribution < -0.4 is 4.74 Å². The first-order valence-corrected chi connectivity index (χ1v) is 4.30. The Morgan fingerprint density at radius 2 is 2.31 bits per heavy atom. The van der Waals surface area contributed by atoms with Crippen LogP contribution in [0, 0.1) is 0 Å². The summed E-state index contributed by atoms with van der Waals surface area (Å²) in [6, 6.07) is 3.20. The third kappa shape index (κ3) is 2.18. The quantitative estimate of drug-likeness (QED) is 0.554. The molecule has 0 atom stereocenters. The average molecular weight is 200 g/mol. The molecule has 0 radical (unpaired) electrons. The fraction of sp³-hybridized carbons (Fsp3) is 0.333. The molecule has 0 amide bonds. The van der Waals surface area contributed by atoms with Crippen LogP contribution >= 0.6 is 11.6 Å². The van der Waals surface area contributed by atoms with E-state index >= 15 is 0 Å². The molecule has 0 aromatic carbocycles. The molecule has 0 aliphatic heterocycles. The van der Waals surface area contributed by atoms with Gasteiger partial charge in [-0.3, -0.25) is 4.79 Å². The Bertz CT molecular complexity index is 325. The molecular formula is C9H10ClNO2. The molecule has 1 aromatic rings. The van der Waals surface area contributed by atoms with Crippen LogP contribution in [0.1, 0.15) is 23.7 Å². The molecule has 0 fully saturated rings. The molecular weight excluding hydrogens is 190 g/mol. The first-order chi connectivity index (χ1) is 6.19. The maximum Gasteiger partial charge on any atom is 0.225 e. The van der Waals surface area contributed by atoms with Crippen LogP contribution in [0.3, 0.4) is 0 Å². The van der Waals surface area contributed by atoms with Crippen molar-refractivity contribution in [2.45, 2.75) is 13.3 Å². The zero-order chi connectivity index (χ0) is 9.84. The molecule has 4 heteroatoms. The fourth-order valence-corrected chi connectivity index (χ4v) is 1.12. The number of pyridine rings is 1. The van der Waals surface area contributed by atoms with Crippen LogP contribution in [0.2, 0.25) is 5.15 Å². The average Bonchev–Trinajstić information content (AvgIpc) is 2.16. The Morgan fingerprint density at radius 1 is 1.62 bits per heavy atom. The predicted molar refractivity (Wildman–Crippen MR) is 50.4 cm³/mol. The van der Waals surface area contributed by atoms with Gasteiger partial charge in [-0.15, -0.1) is 0 Å². The van der Waals surface area contributed by atoms with E-state index in [1.807, 2.05) is 0 Å². The topological polar surface area (TPSA) is 39.2 Å². The molecule has 0 N–H and O–H groups in total. The normalized spacial score (nSPS) is 9.77. The first-order valence-electron chi connectivity index (χ1n) is 3.92. The Morgan fingerprint density at radius 3 is 2.85 bits per heavy atom. The summed E-state index contributed by atoms with van der Waals surface area (Å²) in [4.78, 5) is 15.2. The fourth-order valence-electron chi connectivity index (χ4n) is 0.976. The molecule has 0 unspecified atom stereocenters. The van der Waals surface area contributed by atoms with Crippen molar-refractivity contribution in [3.63, 3.8) is 0 Å². The van der Waals surface area contributed by atoms with Gasteiger partial charge in [-0.05, 0) is 12.1 Å². The summed E-state index contributed by atoms with van der Waals surface area (Å²) < 4.78 is 4.93. The number of ketones is 1. The number of carbonyl (C=O) groups excluding carboxylic acids is 1. The molecule has 0 saturated carbocycles. The van der Waals surface area contributed by atoms with Crippen molar-refractivity contribution in [2.75, 3.05) is 7.11 Å². The minimum Gasteiger partial charge on any atom is -0.480 e. The van der Waals surface area contributed by atoms with Crippen molar-refractivity contribution in [1.82, 2.24) is 4.98 Å². The Kier molecular flexibility index (Phi) is 3.25. The largest absolute Gasteiger partial charge is 0.480 e. The Labute approximate surface area is 81.7 Å². The minimum absolute atomic E-state index is 0.000941. The van der Waals surface area contributed by atoms with E-state index in [1.165, 1.54) is 7.11 Å². The minimum atomic E-state index is 0.000941. The number of rotatable bonds is 3. The van der Waals surface area contributed by atoms with Gasteiger partial charge in [-0.2, -0.15) is 0 Å². The van der Waals surface area contributed by atoms with E-state index in [0.29, 0.717) is 23.0 Å². The Balaban J connectivity index is 3.13. The standard InChI is InChI=1S/C9H10ClNO2/c1-3-7(12)6-4-5-8(10)11-9(6)13-2/h4-5H,3H2,1-2H3. The molecule has 13 heavy (non-hydrogen) atoms. The number of nitrogens with zero attached hydrogens (tertiary/aromatic N) is 1. The van der Waals surface area contributed by atoms with Gasteiger partial charge in [0.25, 0.3) is 0 Å². The number of hydrogen-bond acceptors (Lipinski definition) is 3. The molecule has 1 heterocycles. The lowest BCUT2D eigenvalue weighted by Crippen LogP contribution is -2.02. The number of ether oxygens (including phenoxy) is 1. The number of halogens is 1. The molecule has 3 nitrogen and oxygen atoms in total. The number of aromatic nitrogens is 1. The lowest BCUT2D eigenvalue weighted by Gasteiger charge is -2.04. The molecule has 0 spiro atoms. The third-order valence-corrected chi connectivity index (χ3v) is 1.85. The zero-order valence-corrected chi connectivity index (χ0v) is 8.26. The first kappa shape index (κ1) is 9.99. The van der Waals surface area contributed by atoms with Crippen LogP contribution in [0.5, 0.6) is 5.88 Å². The molecule has 0 aliphatic carbocycles. The number of carbonyl (C=O) groups is 1. The molecule has 0 bridgehead atoms. The maximum absolute atomic E-state index is 11.3. The van der Waals surface area contributed by atoms with Crippen LogP contribution in [0.4, 0.5) is 0 Å². The summed E-state index contributed by atoms with van der Waals surface area (Å²) in [6.45, 7) is 1.79. The van der Waals surface area contributed by atoms with Gasteiger partial charge in [0.2, 0.25) is 5.88 Å². The zero-order valence-electron chi connectivity index (χ0n) is 7.50. The summed E-state index contributed by atoms with van der Waals surface area (Å²) >= 11 is 5.64. The molecule has 0 saturated heterocycles. The summed E-state index contributed by atoms with van der Waals surface area (Å²) in [5.74, 6) is 0.292. The summed E-state index contributed by atoms with van der Waals surface area (Å²) in [6.07, 6.45) is 0.430. The summed E-state index contributed by atoms with van der Waals surface area (Å²) in [5, 5.41) is 0.324. The predicted octanol–water partition coefficient (Wildman–Crippen LogP) is 2.34. The van der Waals surface area contributed by atoms with E-state index in [9.17, 15) is 4.79 Å². The summed E-state index contributed by atoms with van der Waals surface area (Å²) in [7, 11) is 1.46. The van der Waals surface area contributed by atoms with Crippen LogP contribution in [-0.2, 0) is 0 Å². The van der Waals surface area contributed by atoms with Gasteiger partial charge in [-0.25, -0.2) is 4.98 Å². The highest BCUT2D eigenvalue weighted by Gasteiger charge is 2.11. The van der Waals surface area contributed by atoms with Gasteiger partial charge in [-0.1, -0.05) is 18.5 Å². The second-order valence-corrected chi connectivity index (χ2v) is 2.85. The number of hydrogen-bond donors (Lipinski definition) is 0. The van der Waals surface area contributed by atoms with Crippen LogP contribution in [0.15, 0.2) is 12.1 Å². The third-order valence-electron chi connectivity index (χ3n) is 1.64. The van der Waals surface area contributed by atoms with E-state index in [1.54, 1.807) is 19.1 Å². The van der Waals surface area contributed by atoms with E-state index in [2.05, 4.69) is 4.98 Å². The van der Waals surface area contributed by atoms with E-state index < -0.39 is 0 Å². The van der Waals surface area contributed by atoms with Crippen molar-refractivity contribution >= 4 is 17.4 Å².